The molecule has 1 saturated heterocycles. The molecule has 2 aliphatic rings. The number of nitrogens with zero attached hydrogens (tertiary/aromatic N) is 2. The summed E-state index contributed by atoms with van der Waals surface area (Å²) in [6.07, 6.45) is 9.85. The highest BCUT2D eigenvalue weighted by molar-refractivity contribution is 6.13. The van der Waals surface area contributed by atoms with Crippen LogP contribution < -0.4 is 0 Å². The summed E-state index contributed by atoms with van der Waals surface area (Å²) in [5.74, 6) is 0.610. The van der Waals surface area contributed by atoms with Crippen molar-refractivity contribution in [2.24, 2.45) is 17.8 Å². The van der Waals surface area contributed by atoms with E-state index in [9.17, 15) is 14.4 Å². The number of carbonyl (C=O) groups is 3. The van der Waals surface area contributed by atoms with Crippen LogP contribution in [0.25, 0.3) is 0 Å². The first-order valence-electron chi connectivity index (χ1n) is 9.70. The third-order valence-electron chi connectivity index (χ3n) is 5.35. The molecule has 5 nitrogen and oxygen atoms in total. The molecule has 3 amide bonds. The number of piperidine rings is 1. The highest BCUT2D eigenvalue weighted by atomic mass is 16.2. The fourth-order valence-electron chi connectivity index (χ4n) is 3.70. The Bertz CT molecular complexity index is 501. The Labute approximate surface area is 151 Å². The molecule has 0 aromatic rings. The van der Waals surface area contributed by atoms with Gasteiger partial charge in [0, 0.05) is 31.8 Å². The standard InChI is InChI=1S/C20H32N2O3/c1-15(2)6-4-5-7-17-10-12-21(13-11-17)20(25)16(3)14-22-18(23)8-9-19(22)24/h8-9,15-17H,4-7,10-14H2,1-3H3. The van der Waals surface area contributed by atoms with Crippen LogP contribution in [-0.4, -0.2) is 47.2 Å². The Balaban J connectivity index is 1.70. The van der Waals surface area contributed by atoms with Crippen LogP contribution in [0.2, 0.25) is 0 Å². The molecule has 0 aromatic heterocycles. The predicted octanol–water partition coefficient (Wildman–Crippen LogP) is 3.00. The number of rotatable bonds is 8. The third kappa shape index (κ3) is 5.68. The van der Waals surface area contributed by atoms with E-state index in [1.165, 1.54) is 37.8 Å². The van der Waals surface area contributed by atoms with Gasteiger partial charge in [-0.05, 0) is 24.7 Å². The number of imide groups is 1. The van der Waals surface area contributed by atoms with Gasteiger partial charge in [-0.2, -0.15) is 0 Å². The quantitative estimate of drug-likeness (QED) is 0.500. The summed E-state index contributed by atoms with van der Waals surface area (Å²) < 4.78 is 0. The molecule has 0 aromatic carbocycles. The number of carbonyl (C=O) groups excluding carboxylic acids is 3. The van der Waals surface area contributed by atoms with Gasteiger partial charge in [-0.3, -0.25) is 19.3 Å². The highest BCUT2D eigenvalue weighted by Crippen LogP contribution is 2.24. The van der Waals surface area contributed by atoms with Crippen LogP contribution in [0.4, 0.5) is 0 Å². The summed E-state index contributed by atoms with van der Waals surface area (Å²) in [6.45, 7) is 8.13. The zero-order valence-electron chi connectivity index (χ0n) is 15.9. The van der Waals surface area contributed by atoms with E-state index in [1.807, 2.05) is 4.90 Å². The molecular formula is C20H32N2O3. The van der Waals surface area contributed by atoms with Crippen LogP contribution in [0.5, 0.6) is 0 Å². The minimum Gasteiger partial charge on any atom is -0.342 e. The van der Waals surface area contributed by atoms with Crippen molar-refractivity contribution in [2.75, 3.05) is 19.6 Å². The topological polar surface area (TPSA) is 57.7 Å². The monoisotopic (exact) mass is 348 g/mol. The fraction of sp³-hybridized carbons (Fsp3) is 0.750. The Kier molecular flexibility index (Phi) is 7.21. The van der Waals surface area contributed by atoms with Crippen molar-refractivity contribution >= 4 is 17.7 Å². The van der Waals surface area contributed by atoms with Gasteiger partial charge in [0.15, 0.2) is 0 Å². The van der Waals surface area contributed by atoms with Crippen molar-refractivity contribution in [3.8, 4) is 0 Å². The average molecular weight is 348 g/mol. The number of unbranched alkanes of at least 4 members (excludes halogenated alkanes) is 1. The minimum absolute atomic E-state index is 0.0609. The average Bonchev–Trinajstić information content (AvgIpc) is 2.90. The van der Waals surface area contributed by atoms with Gasteiger partial charge in [0.05, 0.1) is 5.92 Å². The summed E-state index contributed by atoms with van der Waals surface area (Å²) in [4.78, 5) is 38.9. The molecule has 0 bridgehead atoms. The third-order valence-corrected chi connectivity index (χ3v) is 5.35. The molecule has 1 atom stereocenters. The molecule has 1 fully saturated rings. The number of amides is 3. The zero-order valence-corrected chi connectivity index (χ0v) is 15.9. The summed E-state index contributed by atoms with van der Waals surface area (Å²) in [7, 11) is 0. The van der Waals surface area contributed by atoms with Crippen LogP contribution in [0.1, 0.15) is 59.3 Å². The van der Waals surface area contributed by atoms with E-state index in [1.54, 1.807) is 6.92 Å². The Morgan fingerprint density at radius 1 is 1.08 bits per heavy atom. The molecule has 1 unspecified atom stereocenters. The summed E-state index contributed by atoms with van der Waals surface area (Å²) in [5, 5.41) is 0. The molecule has 0 aliphatic carbocycles. The number of hydrogen-bond acceptors (Lipinski definition) is 3. The molecule has 2 heterocycles. The van der Waals surface area contributed by atoms with Crippen molar-refractivity contribution in [3.63, 3.8) is 0 Å². The lowest BCUT2D eigenvalue weighted by Crippen LogP contribution is -2.45. The first-order chi connectivity index (χ1) is 11.9. The van der Waals surface area contributed by atoms with Crippen molar-refractivity contribution in [2.45, 2.75) is 59.3 Å². The lowest BCUT2D eigenvalue weighted by atomic mass is 9.90. The second-order valence-electron chi connectivity index (χ2n) is 7.97. The molecule has 0 radical (unpaired) electrons. The molecule has 25 heavy (non-hydrogen) atoms. The van der Waals surface area contributed by atoms with Crippen molar-refractivity contribution in [1.82, 2.24) is 9.80 Å². The first kappa shape index (κ1) is 19.7. The van der Waals surface area contributed by atoms with Crippen LogP contribution in [0, 0.1) is 17.8 Å². The molecule has 2 rings (SSSR count). The van der Waals surface area contributed by atoms with E-state index in [0.29, 0.717) is 0 Å². The van der Waals surface area contributed by atoms with Crippen LogP contribution in [-0.2, 0) is 14.4 Å². The number of hydrogen-bond donors (Lipinski definition) is 0. The molecular weight excluding hydrogens is 316 g/mol. The highest BCUT2D eigenvalue weighted by Gasteiger charge is 2.31. The second-order valence-corrected chi connectivity index (χ2v) is 7.97. The van der Waals surface area contributed by atoms with Gasteiger partial charge < -0.3 is 4.90 Å². The van der Waals surface area contributed by atoms with Gasteiger partial charge in [0.2, 0.25) is 5.91 Å². The van der Waals surface area contributed by atoms with Gasteiger partial charge in [-0.1, -0.05) is 46.5 Å². The van der Waals surface area contributed by atoms with E-state index in [-0.39, 0.29) is 30.2 Å². The fourth-order valence-corrected chi connectivity index (χ4v) is 3.70. The summed E-state index contributed by atoms with van der Waals surface area (Å²) in [5.41, 5.74) is 0. The van der Waals surface area contributed by atoms with Gasteiger partial charge in [0.1, 0.15) is 0 Å². The Morgan fingerprint density at radius 2 is 1.68 bits per heavy atom. The molecule has 0 saturated carbocycles. The van der Waals surface area contributed by atoms with Crippen molar-refractivity contribution < 1.29 is 14.4 Å². The molecule has 140 valence electrons. The Hall–Kier alpha value is -1.65. The van der Waals surface area contributed by atoms with Gasteiger partial charge >= 0.3 is 0 Å². The summed E-state index contributed by atoms with van der Waals surface area (Å²) >= 11 is 0. The molecule has 0 N–H and O–H groups in total. The molecule has 5 heteroatoms. The lowest BCUT2D eigenvalue weighted by molar-refractivity contribution is -0.141. The van der Waals surface area contributed by atoms with Crippen LogP contribution >= 0.6 is 0 Å². The maximum absolute atomic E-state index is 12.6. The smallest absolute Gasteiger partial charge is 0.253 e. The Morgan fingerprint density at radius 3 is 2.24 bits per heavy atom. The second kappa shape index (κ2) is 9.16. The SMILES string of the molecule is CC(C)CCCCC1CCN(C(=O)C(C)CN2C(=O)C=CC2=O)CC1. The van der Waals surface area contributed by atoms with E-state index in [2.05, 4.69) is 13.8 Å². The zero-order chi connectivity index (χ0) is 18.4. The van der Waals surface area contributed by atoms with Crippen molar-refractivity contribution in [3.05, 3.63) is 12.2 Å². The molecule has 2 aliphatic heterocycles. The summed E-state index contributed by atoms with van der Waals surface area (Å²) in [6, 6.07) is 0. The van der Waals surface area contributed by atoms with E-state index >= 15 is 0 Å². The van der Waals surface area contributed by atoms with E-state index < -0.39 is 0 Å². The lowest BCUT2D eigenvalue weighted by Gasteiger charge is -2.34. The van der Waals surface area contributed by atoms with Gasteiger partial charge in [0.25, 0.3) is 11.8 Å². The molecule has 0 spiro atoms. The minimum atomic E-state index is -0.338. The van der Waals surface area contributed by atoms with Crippen LogP contribution in [0.3, 0.4) is 0 Å². The number of likely N-dealkylation sites (tertiary alicyclic amines) is 1. The van der Waals surface area contributed by atoms with Crippen molar-refractivity contribution in [1.29, 1.82) is 0 Å². The maximum atomic E-state index is 12.6. The normalized spacial score (nSPS) is 20.0. The van der Waals surface area contributed by atoms with E-state index in [0.717, 1.165) is 42.7 Å². The van der Waals surface area contributed by atoms with Crippen LogP contribution in [0.15, 0.2) is 12.2 Å². The maximum Gasteiger partial charge on any atom is 0.253 e. The van der Waals surface area contributed by atoms with Gasteiger partial charge in [-0.25, -0.2) is 0 Å². The predicted molar refractivity (Wildman–Crippen MR) is 97.6 cm³/mol. The van der Waals surface area contributed by atoms with E-state index in [4.69, 9.17) is 0 Å². The van der Waals surface area contributed by atoms with Gasteiger partial charge in [-0.15, -0.1) is 0 Å². The largest absolute Gasteiger partial charge is 0.342 e. The first-order valence-corrected chi connectivity index (χ1v) is 9.70.